The first kappa shape index (κ1) is 11.7. The van der Waals surface area contributed by atoms with Gasteiger partial charge in [0.1, 0.15) is 0 Å². The Labute approximate surface area is 89.4 Å². The van der Waals surface area contributed by atoms with Crippen molar-refractivity contribution in [3.8, 4) is 0 Å². The van der Waals surface area contributed by atoms with Gasteiger partial charge >= 0.3 is 0 Å². The minimum atomic E-state index is -0.868. The molecule has 1 amide bonds. The lowest BCUT2D eigenvalue weighted by molar-refractivity contribution is -0.123. The first-order valence-corrected chi connectivity index (χ1v) is 5.14. The van der Waals surface area contributed by atoms with Gasteiger partial charge in [-0.1, -0.05) is 6.92 Å². The molecule has 1 rings (SSSR count). The number of hydrogen-bond donors (Lipinski definition) is 2. The summed E-state index contributed by atoms with van der Waals surface area (Å²) in [6.07, 6.45) is 5.58. The summed E-state index contributed by atoms with van der Waals surface area (Å²) in [6.45, 7) is 2.64. The van der Waals surface area contributed by atoms with E-state index >= 15 is 0 Å². The molecule has 0 bridgehead atoms. The number of carbonyl (C=O) groups excluding carboxylic acids is 1. The molecule has 4 N–H and O–H groups in total. The predicted octanol–water partition coefficient (Wildman–Crippen LogP) is 0.256. The summed E-state index contributed by atoms with van der Waals surface area (Å²) in [5.41, 5.74) is 10.3. The van der Waals surface area contributed by atoms with E-state index in [2.05, 4.69) is 5.10 Å². The van der Waals surface area contributed by atoms with E-state index in [1.54, 1.807) is 6.20 Å². The van der Waals surface area contributed by atoms with Gasteiger partial charge in [0, 0.05) is 18.9 Å². The molecule has 0 aliphatic rings. The molecule has 1 atom stereocenters. The Balaban J connectivity index is 2.38. The minimum absolute atomic E-state index is 0.425. The van der Waals surface area contributed by atoms with E-state index in [1.807, 2.05) is 23.9 Å². The fourth-order valence-electron chi connectivity index (χ4n) is 1.46. The number of aromatic nitrogens is 2. The molecule has 5 heteroatoms. The van der Waals surface area contributed by atoms with E-state index in [1.165, 1.54) is 0 Å². The quantitative estimate of drug-likeness (QED) is 0.705. The SMILES string of the molecule is CCC(N)(CCCn1cccn1)C(N)=O. The van der Waals surface area contributed by atoms with Crippen LogP contribution in [0.25, 0.3) is 0 Å². The fraction of sp³-hybridized carbons (Fsp3) is 0.600. The summed E-state index contributed by atoms with van der Waals surface area (Å²) in [6, 6.07) is 1.86. The third-order valence-corrected chi connectivity index (χ3v) is 2.69. The second-order valence-electron chi connectivity index (χ2n) is 3.75. The lowest BCUT2D eigenvalue weighted by Gasteiger charge is -2.23. The molecule has 1 unspecified atom stereocenters. The summed E-state index contributed by atoms with van der Waals surface area (Å²) >= 11 is 0. The third kappa shape index (κ3) is 3.06. The molecule has 1 aromatic heterocycles. The van der Waals surface area contributed by atoms with Crippen molar-refractivity contribution in [2.24, 2.45) is 11.5 Å². The molecule has 0 spiro atoms. The Morgan fingerprint density at radius 2 is 2.33 bits per heavy atom. The molecule has 5 nitrogen and oxygen atoms in total. The first-order chi connectivity index (χ1) is 7.08. The van der Waals surface area contributed by atoms with Crippen molar-refractivity contribution in [1.29, 1.82) is 0 Å². The van der Waals surface area contributed by atoms with E-state index in [0.29, 0.717) is 12.8 Å². The molecule has 0 radical (unpaired) electrons. The predicted molar refractivity (Wildman–Crippen MR) is 57.9 cm³/mol. The van der Waals surface area contributed by atoms with Crippen molar-refractivity contribution in [3.05, 3.63) is 18.5 Å². The molecule has 0 saturated carbocycles. The van der Waals surface area contributed by atoms with Crippen LogP contribution >= 0.6 is 0 Å². The zero-order chi connectivity index (χ0) is 11.3. The summed E-state index contributed by atoms with van der Waals surface area (Å²) in [7, 11) is 0. The Morgan fingerprint density at radius 3 is 2.80 bits per heavy atom. The number of nitrogens with zero attached hydrogens (tertiary/aromatic N) is 2. The average molecular weight is 210 g/mol. The lowest BCUT2D eigenvalue weighted by atomic mass is 9.91. The van der Waals surface area contributed by atoms with Gasteiger partial charge in [0.05, 0.1) is 5.54 Å². The van der Waals surface area contributed by atoms with Crippen LogP contribution in [0.3, 0.4) is 0 Å². The van der Waals surface area contributed by atoms with Crippen LogP contribution < -0.4 is 11.5 Å². The molecule has 15 heavy (non-hydrogen) atoms. The molecule has 0 fully saturated rings. The van der Waals surface area contributed by atoms with Gasteiger partial charge in [-0.15, -0.1) is 0 Å². The van der Waals surface area contributed by atoms with Gasteiger partial charge in [-0.3, -0.25) is 9.48 Å². The van der Waals surface area contributed by atoms with Crippen LogP contribution in [0.4, 0.5) is 0 Å². The van der Waals surface area contributed by atoms with Gasteiger partial charge in [0.2, 0.25) is 5.91 Å². The van der Waals surface area contributed by atoms with E-state index in [9.17, 15) is 4.79 Å². The maximum absolute atomic E-state index is 11.1. The van der Waals surface area contributed by atoms with Crippen molar-refractivity contribution < 1.29 is 4.79 Å². The van der Waals surface area contributed by atoms with E-state index < -0.39 is 11.4 Å². The number of aryl methyl sites for hydroxylation is 1. The van der Waals surface area contributed by atoms with Gasteiger partial charge in [-0.05, 0) is 25.3 Å². The monoisotopic (exact) mass is 210 g/mol. The van der Waals surface area contributed by atoms with Crippen molar-refractivity contribution in [1.82, 2.24) is 9.78 Å². The molecule has 1 heterocycles. The topological polar surface area (TPSA) is 86.9 Å². The van der Waals surface area contributed by atoms with Crippen LogP contribution in [-0.2, 0) is 11.3 Å². The third-order valence-electron chi connectivity index (χ3n) is 2.69. The van der Waals surface area contributed by atoms with Crippen LogP contribution in [0, 0.1) is 0 Å². The summed E-state index contributed by atoms with van der Waals surface area (Å²) in [5.74, 6) is -0.425. The maximum Gasteiger partial charge on any atom is 0.237 e. The van der Waals surface area contributed by atoms with Crippen molar-refractivity contribution in [2.75, 3.05) is 0 Å². The van der Waals surface area contributed by atoms with Crippen molar-refractivity contribution in [2.45, 2.75) is 38.3 Å². The first-order valence-electron chi connectivity index (χ1n) is 5.14. The van der Waals surface area contributed by atoms with Crippen LogP contribution in [0.15, 0.2) is 18.5 Å². The molecule has 0 aromatic carbocycles. The summed E-state index contributed by atoms with van der Waals surface area (Å²) < 4.78 is 1.82. The van der Waals surface area contributed by atoms with Crippen molar-refractivity contribution >= 4 is 5.91 Å². The van der Waals surface area contributed by atoms with Gasteiger partial charge in [0.25, 0.3) is 0 Å². The second-order valence-corrected chi connectivity index (χ2v) is 3.75. The van der Waals surface area contributed by atoms with Gasteiger partial charge < -0.3 is 11.5 Å². The maximum atomic E-state index is 11.1. The van der Waals surface area contributed by atoms with Crippen LogP contribution in [0.2, 0.25) is 0 Å². The minimum Gasteiger partial charge on any atom is -0.368 e. The molecule has 0 saturated heterocycles. The highest BCUT2D eigenvalue weighted by molar-refractivity contribution is 5.84. The highest BCUT2D eigenvalue weighted by Gasteiger charge is 2.28. The van der Waals surface area contributed by atoms with Crippen LogP contribution in [-0.4, -0.2) is 21.2 Å². The van der Waals surface area contributed by atoms with E-state index in [-0.39, 0.29) is 0 Å². The number of rotatable bonds is 6. The van der Waals surface area contributed by atoms with E-state index in [4.69, 9.17) is 11.5 Å². The molecule has 1 aromatic rings. The largest absolute Gasteiger partial charge is 0.368 e. The Morgan fingerprint density at radius 1 is 1.60 bits per heavy atom. The average Bonchev–Trinajstić information content (AvgIpc) is 2.70. The lowest BCUT2D eigenvalue weighted by Crippen LogP contribution is -2.51. The number of amides is 1. The summed E-state index contributed by atoms with van der Waals surface area (Å²) in [4.78, 5) is 11.1. The Kier molecular flexibility index (Phi) is 3.85. The Bertz CT molecular complexity index is 309. The highest BCUT2D eigenvalue weighted by Crippen LogP contribution is 2.14. The molecule has 0 aliphatic heterocycles. The molecular weight excluding hydrogens is 192 g/mol. The Hall–Kier alpha value is -1.36. The summed E-state index contributed by atoms with van der Waals surface area (Å²) in [5, 5.41) is 4.07. The smallest absolute Gasteiger partial charge is 0.237 e. The molecule has 84 valence electrons. The number of primary amides is 1. The number of hydrogen-bond acceptors (Lipinski definition) is 3. The van der Waals surface area contributed by atoms with Crippen LogP contribution in [0.5, 0.6) is 0 Å². The number of carbonyl (C=O) groups is 1. The van der Waals surface area contributed by atoms with Gasteiger partial charge in [-0.25, -0.2) is 0 Å². The van der Waals surface area contributed by atoms with Crippen molar-refractivity contribution in [3.63, 3.8) is 0 Å². The fourth-order valence-corrected chi connectivity index (χ4v) is 1.46. The molecular formula is C10H18N4O. The standard InChI is InChI=1S/C10H18N4O/c1-2-10(12,9(11)15)5-3-7-14-8-4-6-13-14/h4,6,8H,2-3,5,7,12H2,1H3,(H2,11,15). The van der Waals surface area contributed by atoms with Gasteiger partial charge in [0.15, 0.2) is 0 Å². The number of nitrogens with two attached hydrogens (primary N) is 2. The zero-order valence-corrected chi connectivity index (χ0v) is 9.02. The van der Waals surface area contributed by atoms with Crippen LogP contribution in [0.1, 0.15) is 26.2 Å². The normalized spacial score (nSPS) is 14.8. The highest BCUT2D eigenvalue weighted by atomic mass is 16.1. The van der Waals surface area contributed by atoms with E-state index in [0.717, 1.165) is 13.0 Å². The van der Waals surface area contributed by atoms with Gasteiger partial charge in [-0.2, -0.15) is 5.10 Å². The second kappa shape index (κ2) is 4.93. The zero-order valence-electron chi connectivity index (χ0n) is 9.02. The molecule has 0 aliphatic carbocycles.